The molecule has 0 aliphatic carbocycles. The van der Waals surface area contributed by atoms with Gasteiger partial charge in [-0.05, 0) is 37.3 Å². The van der Waals surface area contributed by atoms with Crippen LogP contribution in [0.25, 0.3) is 10.9 Å². The van der Waals surface area contributed by atoms with Gasteiger partial charge in [0.25, 0.3) is 0 Å². The van der Waals surface area contributed by atoms with Gasteiger partial charge in [-0.2, -0.15) is 0 Å². The third kappa shape index (κ3) is 3.85. The Morgan fingerprint density at radius 1 is 1.35 bits per heavy atom. The molecule has 2 N–H and O–H groups in total. The van der Waals surface area contributed by atoms with Gasteiger partial charge in [-0.15, -0.1) is 0 Å². The number of para-hydroxylation sites is 1. The summed E-state index contributed by atoms with van der Waals surface area (Å²) in [6, 6.07) is 10.6. The average Bonchev–Trinajstić information content (AvgIpc) is 3.17. The van der Waals surface area contributed by atoms with E-state index >= 15 is 0 Å². The van der Waals surface area contributed by atoms with Gasteiger partial charge in [0.1, 0.15) is 0 Å². The monoisotopic (exact) mass is 314 g/mol. The predicted molar refractivity (Wildman–Crippen MR) is 94.7 cm³/mol. The van der Waals surface area contributed by atoms with Crippen molar-refractivity contribution in [3.05, 3.63) is 36.5 Å². The number of rotatable bonds is 5. The number of aliphatic hydroxyl groups is 1. The van der Waals surface area contributed by atoms with E-state index in [4.69, 9.17) is 4.99 Å². The van der Waals surface area contributed by atoms with E-state index in [1.165, 1.54) is 10.9 Å². The van der Waals surface area contributed by atoms with E-state index in [0.29, 0.717) is 6.54 Å². The van der Waals surface area contributed by atoms with Crippen LogP contribution in [0, 0.1) is 0 Å². The first kappa shape index (κ1) is 15.9. The van der Waals surface area contributed by atoms with Crippen LogP contribution in [-0.4, -0.2) is 52.8 Å². The van der Waals surface area contributed by atoms with Gasteiger partial charge in [0.2, 0.25) is 0 Å². The summed E-state index contributed by atoms with van der Waals surface area (Å²) in [5, 5.41) is 14.3. The smallest absolute Gasteiger partial charge is 0.194 e. The highest BCUT2D eigenvalue weighted by molar-refractivity contribution is 5.80. The lowest BCUT2D eigenvalue weighted by molar-refractivity contribution is 0.188. The lowest BCUT2D eigenvalue weighted by atomic mass is 10.2. The lowest BCUT2D eigenvalue weighted by Gasteiger charge is -2.20. The molecular weight excluding hydrogens is 288 g/mol. The quantitative estimate of drug-likeness (QED) is 0.505. The molecule has 1 aliphatic rings. The largest absolute Gasteiger partial charge is 0.391 e. The van der Waals surface area contributed by atoms with Crippen LogP contribution < -0.4 is 5.32 Å². The first-order valence-electron chi connectivity index (χ1n) is 8.53. The van der Waals surface area contributed by atoms with Crippen molar-refractivity contribution in [1.82, 2.24) is 14.8 Å². The molecule has 3 rings (SSSR count). The molecule has 2 heterocycles. The Morgan fingerprint density at radius 3 is 3.00 bits per heavy atom. The Balaban J connectivity index is 1.56. The maximum absolute atomic E-state index is 9.69. The molecule has 0 amide bonds. The van der Waals surface area contributed by atoms with Gasteiger partial charge >= 0.3 is 0 Å². The Morgan fingerprint density at radius 2 is 2.22 bits per heavy atom. The summed E-state index contributed by atoms with van der Waals surface area (Å²) >= 11 is 0. The molecule has 2 aromatic rings. The van der Waals surface area contributed by atoms with Gasteiger partial charge in [-0.3, -0.25) is 4.99 Å². The van der Waals surface area contributed by atoms with Crippen molar-refractivity contribution < 1.29 is 5.11 Å². The number of aryl methyl sites for hydroxylation is 1. The number of β-amino-alcohol motifs (C(OH)–C–C–N with tert-alkyl or cyclic N) is 1. The fourth-order valence-electron chi connectivity index (χ4n) is 3.12. The second kappa shape index (κ2) is 7.51. The van der Waals surface area contributed by atoms with E-state index < -0.39 is 0 Å². The average molecular weight is 314 g/mol. The van der Waals surface area contributed by atoms with Crippen LogP contribution in [0.15, 0.2) is 41.5 Å². The molecule has 0 spiro atoms. The number of benzene rings is 1. The number of nitrogens with zero attached hydrogens (tertiary/aromatic N) is 3. The predicted octanol–water partition coefficient (Wildman–Crippen LogP) is 2.06. The maximum atomic E-state index is 9.69. The first-order chi connectivity index (χ1) is 11.3. The summed E-state index contributed by atoms with van der Waals surface area (Å²) in [7, 11) is 0. The molecule has 1 atom stereocenters. The minimum atomic E-state index is -0.218. The molecule has 0 unspecified atom stereocenters. The Hall–Kier alpha value is -2.01. The molecule has 5 nitrogen and oxygen atoms in total. The van der Waals surface area contributed by atoms with Gasteiger partial charge < -0.3 is 19.9 Å². The van der Waals surface area contributed by atoms with Crippen molar-refractivity contribution in [3.63, 3.8) is 0 Å². The molecule has 1 aromatic carbocycles. The molecule has 124 valence electrons. The Bertz CT molecular complexity index is 664. The van der Waals surface area contributed by atoms with E-state index in [9.17, 15) is 5.11 Å². The number of aliphatic hydroxyl groups excluding tert-OH is 1. The highest BCUT2D eigenvalue weighted by Crippen LogP contribution is 2.15. The lowest BCUT2D eigenvalue weighted by Crippen LogP contribution is -2.40. The van der Waals surface area contributed by atoms with E-state index in [1.54, 1.807) is 0 Å². The number of hydrogen-bond acceptors (Lipinski definition) is 2. The minimum Gasteiger partial charge on any atom is -0.391 e. The molecular formula is C18H26N4O. The van der Waals surface area contributed by atoms with Crippen molar-refractivity contribution in [2.24, 2.45) is 4.99 Å². The van der Waals surface area contributed by atoms with Gasteiger partial charge in [-0.25, -0.2) is 0 Å². The molecule has 1 fully saturated rings. The zero-order valence-corrected chi connectivity index (χ0v) is 13.8. The van der Waals surface area contributed by atoms with Crippen molar-refractivity contribution in [3.8, 4) is 0 Å². The fraction of sp³-hybridized carbons (Fsp3) is 0.500. The van der Waals surface area contributed by atoms with Crippen LogP contribution in [0.4, 0.5) is 0 Å². The number of likely N-dealkylation sites (tertiary alicyclic amines) is 1. The molecule has 23 heavy (non-hydrogen) atoms. The standard InChI is InChI=1S/C18H26N4O/c1-2-19-18(22-13-9-16(23)14-22)20-10-5-11-21-12-8-15-6-3-4-7-17(15)21/h3-4,6-8,12,16,23H,2,5,9-11,13-14H2,1H3,(H,19,20)/t16-/m1/s1. The SMILES string of the molecule is CCNC(=NCCCn1ccc2ccccc21)N1CC[C@@H](O)C1. The Labute approximate surface area is 137 Å². The number of aromatic nitrogens is 1. The summed E-state index contributed by atoms with van der Waals surface area (Å²) in [5.74, 6) is 0.932. The van der Waals surface area contributed by atoms with Crippen LogP contribution in [0.5, 0.6) is 0 Å². The summed E-state index contributed by atoms with van der Waals surface area (Å²) < 4.78 is 2.29. The van der Waals surface area contributed by atoms with E-state index in [0.717, 1.165) is 45.0 Å². The summed E-state index contributed by atoms with van der Waals surface area (Å²) in [4.78, 5) is 6.87. The molecule has 0 radical (unpaired) electrons. The number of hydrogen-bond donors (Lipinski definition) is 2. The van der Waals surface area contributed by atoms with E-state index in [1.807, 2.05) is 0 Å². The van der Waals surface area contributed by atoms with Crippen LogP contribution in [0.3, 0.4) is 0 Å². The van der Waals surface area contributed by atoms with Crippen molar-refractivity contribution in [2.45, 2.75) is 32.4 Å². The van der Waals surface area contributed by atoms with Gasteiger partial charge in [0.05, 0.1) is 6.10 Å². The summed E-state index contributed by atoms with van der Waals surface area (Å²) in [6.07, 6.45) is 3.77. The fourth-order valence-corrected chi connectivity index (χ4v) is 3.12. The molecule has 1 aromatic heterocycles. The van der Waals surface area contributed by atoms with Crippen LogP contribution in [-0.2, 0) is 6.54 Å². The summed E-state index contributed by atoms with van der Waals surface area (Å²) in [6.45, 7) is 6.27. The second-order valence-corrected chi connectivity index (χ2v) is 6.05. The second-order valence-electron chi connectivity index (χ2n) is 6.05. The number of aliphatic imine (C=N–C) groups is 1. The molecule has 5 heteroatoms. The van der Waals surface area contributed by atoms with E-state index in [-0.39, 0.29) is 6.10 Å². The molecule has 1 aliphatic heterocycles. The number of guanidine groups is 1. The number of fused-ring (bicyclic) bond motifs is 1. The zero-order chi connectivity index (χ0) is 16.1. The molecule has 1 saturated heterocycles. The minimum absolute atomic E-state index is 0.218. The topological polar surface area (TPSA) is 52.8 Å². The summed E-state index contributed by atoms with van der Waals surface area (Å²) in [5.41, 5.74) is 1.28. The normalized spacial score (nSPS) is 18.8. The van der Waals surface area contributed by atoms with Gasteiger partial charge in [0.15, 0.2) is 5.96 Å². The third-order valence-corrected chi connectivity index (χ3v) is 4.30. The van der Waals surface area contributed by atoms with Gasteiger partial charge in [-0.1, -0.05) is 18.2 Å². The highest BCUT2D eigenvalue weighted by Gasteiger charge is 2.22. The first-order valence-corrected chi connectivity index (χ1v) is 8.53. The number of nitrogens with one attached hydrogen (secondary N) is 1. The Kier molecular flexibility index (Phi) is 5.18. The highest BCUT2D eigenvalue weighted by atomic mass is 16.3. The molecule has 0 bridgehead atoms. The van der Waals surface area contributed by atoms with Crippen molar-refractivity contribution in [1.29, 1.82) is 0 Å². The van der Waals surface area contributed by atoms with Crippen molar-refractivity contribution >= 4 is 16.9 Å². The van der Waals surface area contributed by atoms with Crippen molar-refractivity contribution in [2.75, 3.05) is 26.2 Å². The van der Waals surface area contributed by atoms with E-state index in [2.05, 4.69) is 58.2 Å². The van der Waals surface area contributed by atoms with Crippen LogP contribution >= 0.6 is 0 Å². The molecule has 0 saturated carbocycles. The van der Waals surface area contributed by atoms with Crippen LogP contribution in [0.1, 0.15) is 19.8 Å². The third-order valence-electron chi connectivity index (χ3n) is 4.30. The van der Waals surface area contributed by atoms with Crippen LogP contribution in [0.2, 0.25) is 0 Å². The zero-order valence-electron chi connectivity index (χ0n) is 13.8. The van der Waals surface area contributed by atoms with Gasteiger partial charge in [0, 0.05) is 44.4 Å². The maximum Gasteiger partial charge on any atom is 0.194 e.